The van der Waals surface area contributed by atoms with Crippen LogP contribution in [0.3, 0.4) is 0 Å². The maximum absolute atomic E-state index is 4.51. The number of piperidine rings is 1. The molecule has 1 aliphatic heterocycles. The quantitative estimate of drug-likeness (QED) is 0.909. The van der Waals surface area contributed by atoms with Crippen LogP contribution in [0.5, 0.6) is 0 Å². The van der Waals surface area contributed by atoms with Crippen molar-refractivity contribution < 1.29 is 0 Å². The molecule has 1 aliphatic rings. The van der Waals surface area contributed by atoms with Crippen molar-refractivity contribution in [2.24, 2.45) is 0 Å². The van der Waals surface area contributed by atoms with Crippen molar-refractivity contribution in [1.82, 2.24) is 25.5 Å². The maximum atomic E-state index is 4.51. The van der Waals surface area contributed by atoms with E-state index in [2.05, 4.69) is 39.8 Å². The van der Waals surface area contributed by atoms with E-state index in [-0.39, 0.29) is 0 Å². The third-order valence-electron chi connectivity index (χ3n) is 3.67. The van der Waals surface area contributed by atoms with Gasteiger partial charge in [-0.1, -0.05) is 19.1 Å². The van der Waals surface area contributed by atoms with Crippen LogP contribution in [0.25, 0.3) is 5.69 Å². The first kappa shape index (κ1) is 12.3. The van der Waals surface area contributed by atoms with Crippen molar-refractivity contribution in [2.45, 2.75) is 32.1 Å². The number of aromatic nitrogens is 4. The van der Waals surface area contributed by atoms with Gasteiger partial charge in [-0.15, -0.1) is 15.0 Å². The minimum absolute atomic E-state index is 0.400. The molecule has 0 amide bonds. The van der Waals surface area contributed by atoms with Gasteiger partial charge in [-0.05, 0) is 48.7 Å². The molecule has 1 N–H and O–H groups in total. The standard InChI is InChI=1S/C14H19N5/c1-2-11-5-7-13(8-6-11)19-17-14(16-18-19)12-4-3-9-15-10-12/h5-8,12,15H,2-4,9-10H2,1H3. The molecule has 0 spiro atoms. The Morgan fingerprint density at radius 1 is 1.32 bits per heavy atom. The van der Waals surface area contributed by atoms with Crippen LogP contribution in [-0.4, -0.2) is 33.3 Å². The Hall–Kier alpha value is -1.75. The van der Waals surface area contributed by atoms with Crippen molar-refractivity contribution >= 4 is 0 Å². The zero-order valence-electron chi connectivity index (χ0n) is 11.2. The summed E-state index contributed by atoms with van der Waals surface area (Å²) in [5.41, 5.74) is 2.29. The second-order valence-corrected chi connectivity index (χ2v) is 5.00. The second kappa shape index (κ2) is 5.48. The monoisotopic (exact) mass is 257 g/mol. The predicted octanol–water partition coefficient (Wildman–Crippen LogP) is 1.69. The number of benzene rings is 1. The molecule has 5 nitrogen and oxygen atoms in total. The topological polar surface area (TPSA) is 55.6 Å². The molecule has 2 aromatic rings. The number of aryl methyl sites for hydroxylation is 1. The smallest absolute Gasteiger partial charge is 0.179 e. The number of nitrogens with one attached hydrogen (secondary N) is 1. The lowest BCUT2D eigenvalue weighted by Crippen LogP contribution is -2.29. The summed E-state index contributed by atoms with van der Waals surface area (Å²) in [6.45, 7) is 4.21. The minimum Gasteiger partial charge on any atom is -0.316 e. The molecule has 0 bridgehead atoms. The molecular formula is C14H19N5. The van der Waals surface area contributed by atoms with E-state index < -0.39 is 0 Å². The van der Waals surface area contributed by atoms with Crippen LogP contribution in [0.15, 0.2) is 24.3 Å². The zero-order valence-corrected chi connectivity index (χ0v) is 11.2. The summed E-state index contributed by atoms with van der Waals surface area (Å²) in [5, 5.41) is 16.3. The molecule has 100 valence electrons. The van der Waals surface area contributed by atoms with Crippen molar-refractivity contribution in [3.8, 4) is 5.69 Å². The van der Waals surface area contributed by atoms with Crippen molar-refractivity contribution in [3.63, 3.8) is 0 Å². The highest BCUT2D eigenvalue weighted by molar-refractivity contribution is 5.32. The average molecular weight is 257 g/mol. The van der Waals surface area contributed by atoms with Gasteiger partial charge in [0.2, 0.25) is 0 Å². The molecule has 1 saturated heterocycles. The van der Waals surface area contributed by atoms with Gasteiger partial charge < -0.3 is 5.32 Å². The van der Waals surface area contributed by atoms with Crippen molar-refractivity contribution in [2.75, 3.05) is 13.1 Å². The average Bonchev–Trinajstić information content (AvgIpc) is 2.98. The summed E-state index contributed by atoms with van der Waals surface area (Å²) in [5.74, 6) is 1.25. The molecule has 1 aromatic carbocycles. The van der Waals surface area contributed by atoms with E-state index in [4.69, 9.17) is 0 Å². The van der Waals surface area contributed by atoms with Crippen molar-refractivity contribution in [1.29, 1.82) is 0 Å². The van der Waals surface area contributed by atoms with Gasteiger partial charge in [-0.25, -0.2) is 0 Å². The summed E-state index contributed by atoms with van der Waals surface area (Å²) < 4.78 is 0. The van der Waals surface area contributed by atoms with E-state index in [9.17, 15) is 0 Å². The largest absolute Gasteiger partial charge is 0.316 e. The summed E-state index contributed by atoms with van der Waals surface area (Å²) in [7, 11) is 0. The van der Waals surface area contributed by atoms with E-state index in [1.54, 1.807) is 4.80 Å². The Bertz CT molecular complexity index is 525. The van der Waals surface area contributed by atoms with E-state index in [0.29, 0.717) is 5.92 Å². The van der Waals surface area contributed by atoms with Crippen LogP contribution >= 0.6 is 0 Å². The van der Waals surface area contributed by atoms with Gasteiger partial charge in [0.05, 0.1) is 5.69 Å². The third-order valence-corrected chi connectivity index (χ3v) is 3.67. The number of tetrazole rings is 1. The highest BCUT2D eigenvalue weighted by Crippen LogP contribution is 2.19. The molecule has 0 radical (unpaired) electrons. The molecule has 5 heteroatoms. The zero-order chi connectivity index (χ0) is 13.1. The lowest BCUT2D eigenvalue weighted by molar-refractivity contribution is 0.446. The van der Waals surface area contributed by atoms with E-state index in [0.717, 1.165) is 37.4 Å². The molecule has 3 rings (SSSR count). The first-order valence-electron chi connectivity index (χ1n) is 6.97. The number of rotatable bonds is 3. The van der Waals surface area contributed by atoms with Crippen LogP contribution in [0, 0.1) is 0 Å². The van der Waals surface area contributed by atoms with Crippen molar-refractivity contribution in [3.05, 3.63) is 35.7 Å². The highest BCUT2D eigenvalue weighted by Gasteiger charge is 2.20. The Kier molecular flexibility index (Phi) is 3.55. The Morgan fingerprint density at radius 3 is 2.84 bits per heavy atom. The minimum atomic E-state index is 0.400. The fourth-order valence-electron chi connectivity index (χ4n) is 2.44. The van der Waals surface area contributed by atoms with Crippen LogP contribution in [0.4, 0.5) is 0 Å². The Labute approximate surface area is 113 Å². The van der Waals surface area contributed by atoms with E-state index in [1.165, 1.54) is 12.0 Å². The van der Waals surface area contributed by atoms with Crippen LogP contribution in [-0.2, 0) is 6.42 Å². The SMILES string of the molecule is CCc1ccc(-n2nnc(C3CCCNC3)n2)cc1. The highest BCUT2D eigenvalue weighted by atomic mass is 15.6. The molecule has 1 atom stereocenters. The third kappa shape index (κ3) is 2.66. The number of hydrogen-bond acceptors (Lipinski definition) is 4. The lowest BCUT2D eigenvalue weighted by Gasteiger charge is -2.19. The summed E-state index contributed by atoms with van der Waals surface area (Å²) in [6.07, 6.45) is 3.38. The summed E-state index contributed by atoms with van der Waals surface area (Å²) in [4.78, 5) is 1.63. The molecule has 1 fully saturated rings. The van der Waals surface area contributed by atoms with Gasteiger partial charge in [0.15, 0.2) is 5.82 Å². The van der Waals surface area contributed by atoms with Gasteiger partial charge in [0.1, 0.15) is 0 Å². The molecule has 0 saturated carbocycles. The van der Waals surface area contributed by atoms with Crippen LogP contribution in [0.2, 0.25) is 0 Å². The molecule has 1 unspecified atom stereocenters. The Balaban J connectivity index is 1.79. The second-order valence-electron chi connectivity index (χ2n) is 5.00. The maximum Gasteiger partial charge on any atom is 0.179 e. The van der Waals surface area contributed by atoms with E-state index in [1.807, 2.05) is 12.1 Å². The number of hydrogen-bond donors (Lipinski definition) is 1. The number of nitrogens with zero attached hydrogens (tertiary/aromatic N) is 4. The van der Waals surface area contributed by atoms with Gasteiger partial charge in [0, 0.05) is 12.5 Å². The van der Waals surface area contributed by atoms with Gasteiger partial charge in [-0.3, -0.25) is 0 Å². The van der Waals surface area contributed by atoms with Gasteiger partial charge in [-0.2, -0.15) is 0 Å². The molecule has 19 heavy (non-hydrogen) atoms. The summed E-state index contributed by atoms with van der Waals surface area (Å²) >= 11 is 0. The molecule has 1 aromatic heterocycles. The van der Waals surface area contributed by atoms with Crippen LogP contribution in [0.1, 0.15) is 37.1 Å². The molecule has 0 aliphatic carbocycles. The Morgan fingerprint density at radius 2 is 2.16 bits per heavy atom. The molecular weight excluding hydrogens is 238 g/mol. The van der Waals surface area contributed by atoms with Gasteiger partial charge >= 0.3 is 0 Å². The lowest BCUT2D eigenvalue weighted by atomic mass is 9.99. The first-order valence-corrected chi connectivity index (χ1v) is 6.97. The van der Waals surface area contributed by atoms with E-state index >= 15 is 0 Å². The fraction of sp³-hybridized carbons (Fsp3) is 0.500. The van der Waals surface area contributed by atoms with Crippen LogP contribution < -0.4 is 5.32 Å². The fourth-order valence-corrected chi connectivity index (χ4v) is 2.44. The van der Waals surface area contributed by atoms with Gasteiger partial charge in [0.25, 0.3) is 0 Å². The molecule has 2 heterocycles. The summed E-state index contributed by atoms with van der Waals surface area (Å²) in [6, 6.07) is 8.31. The predicted molar refractivity (Wildman–Crippen MR) is 73.4 cm³/mol. The first-order chi connectivity index (χ1) is 9.36. The normalized spacial score (nSPS) is 19.5.